The number of carbonyl (C=O) groups excluding carboxylic acids is 1. The minimum absolute atomic E-state index is 0.00603. The number of hydrogen-bond acceptors (Lipinski definition) is 2. The van der Waals surface area contributed by atoms with Crippen LogP contribution in [0.15, 0.2) is 30.5 Å². The summed E-state index contributed by atoms with van der Waals surface area (Å²) in [7, 11) is 0. The molecule has 3 rings (SSSR count). The fourth-order valence-electron chi connectivity index (χ4n) is 2.91. The summed E-state index contributed by atoms with van der Waals surface area (Å²) in [5.74, 6) is -1.23. The number of rotatable bonds is 5. The number of H-pyrrole nitrogens is 1. The van der Waals surface area contributed by atoms with Crippen LogP contribution in [0.25, 0.3) is 10.9 Å². The molecular formula is C17H20N2O3. The summed E-state index contributed by atoms with van der Waals surface area (Å²) < 4.78 is 0. The average molecular weight is 300 g/mol. The molecule has 0 aliphatic heterocycles. The third kappa shape index (κ3) is 2.71. The fourth-order valence-corrected chi connectivity index (χ4v) is 2.91. The minimum Gasteiger partial charge on any atom is -0.480 e. The molecule has 1 saturated carbocycles. The molecular weight excluding hydrogens is 280 g/mol. The highest BCUT2D eigenvalue weighted by molar-refractivity contribution is 5.88. The molecule has 1 fully saturated rings. The van der Waals surface area contributed by atoms with Crippen LogP contribution in [0.3, 0.4) is 0 Å². The van der Waals surface area contributed by atoms with E-state index in [1.807, 2.05) is 44.3 Å². The largest absolute Gasteiger partial charge is 0.480 e. The maximum Gasteiger partial charge on any atom is 0.326 e. The van der Waals surface area contributed by atoms with Gasteiger partial charge in [0, 0.05) is 29.4 Å². The highest BCUT2D eigenvalue weighted by atomic mass is 16.4. The minimum atomic E-state index is -1.00. The number of para-hydroxylation sites is 1. The van der Waals surface area contributed by atoms with Gasteiger partial charge in [0.15, 0.2) is 0 Å². The van der Waals surface area contributed by atoms with Crippen LogP contribution in [0, 0.1) is 11.3 Å². The van der Waals surface area contributed by atoms with E-state index < -0.39 is 12.0 Å². The van der Waals surface area contributed by atoms with Gasteiger partial charge in [-0.3, -0.25) is 4.79 Å². The number of carboxylic acids is 1. The number of benzene rings is 1. The molecule has 2 atom stereocenters. The molecule has 1 aliphatic rings. The molecule has 5 nitrogen and oxygen atoms in total. The predicted molar refractivity (Wildman–Crippen MR) is 83.5 cm³/mol. The Kier molecular flexibility index (Phi) is 3.43. The molecule has 116 valence electrons. The van der Waals surface area contributed by atoms with E-state index in [1.54, 1.807) is 0 Å². The van der Waals surface area contributed by atoms with Crippen molar-refractivity contribution in [3.05, 3.63) is 36.0 Å². The topological polar surface area (TPSA) is 82.2 Å². The SMILES string of the molecule is CC1(C)C[C@@H]1C(=O)NC(Cc1c[nH]c2ccccc12)C(=O)O. The third-order valence-electron chi connectivity index (χ3n) is 4.54. The molecule has 0 spiro atoms. The summed E-state index contributed by atoms with van der Waals surface area (Å²) in [5.41, 5.74) is 1.86. The van der Waals surface area contributed by atoms with E-state index >= 15 is 0 Å². The number of amides is 1. The van der Waals surface area contributed by atoms with Gasteiger partial charge < -0.3 is 15.4 Å². The standard InChI is InChI=1S/C17H20N2O3/c1-17(2)8-12(17)15(20)19-14(16(21)22)7-10-9-18-13-6-4-3-5-11(10)13/h3-6,9,12,14,18H,7-8H2,1-2H3,(H,19,20)(H,21,22)/t12-,14?/m1/s1. The number of carboxylic acid groups (broad SMARTS) is 1. The first kappa shape index (κ1) is 14.6. The second-order valence-electron chi connectivity index (χ2n) is 6.71. The van der Waals surface area contributed by atoms with Gasteiger partial charge in [-0.1, -0.05) is 32.0 Å². The van der Waals surface area contributed by atoms with Gasteiger partial charge >= 0.3 is 5.97 Å². The lowest BCUT2D eigenvalue weighted by Crippen LogP contribution is -2.43. The Labute approximate surface area is 128 Å². The monoisotopic (exact) mass is 300 g/mol. The summed E-state index contributed by atoms with van der Waals surface area (Å²) in [6, 6.07) is 6.84. The molecule has 1 aromatic heterocycles. The second-order valence-corrected chi connectivity index (χ2v) is 6.71. The van der Waals surface area contributed by atoms with Crippen molar-refractivity contribution in [2.24, 2.45) is 11.3 Å². The molecule has 0 saturated heterocycles. The first-order valence-electron chi connectivity index (χ1n) is 7.46. The van der Waals surface area contributed by atoms with Gasteiger partial charge in [0.05, 0.1) is 0 Å². The Morgan fingerprint density at radius 2 is 2.09 bits per heavy atom. The maximum atomic E-state index is 12.1. The molecule has 5 heteroatoms. The fraction of sp³-hybridized carbons (Fsp3) is 0.412. The predicted octanol–water partition coefficient (Wildman–Crippen LogP) is 2.33. The Hall–Kier alpha value is -2.30. The molecule has 3 N–H and O–H groups in total. The quantitative estimate of drug-likeness (QED) is 0.792. The van der Waals surface area contributed by atoms with Crippen molar-refractivity contribution >= 4 is 22.8 Å². The maximum absolute atomic E-state index is 12.1. The van der Waals surface area contributed by atoms with Gasteiger partial charge in [-0.2, -0.15) is 0 Å². The van der Waals surface area contributed by atoms with Gasteiger partial charge in [-0.05, 0) is 23.5 Å². The lowest BCUT2D eigenvalue weighted by molar-refractivity contribution is -0.142. The first-order valence-corrected chi connectivity index (χ1v) is 7.46. The zero-order valence-corrected chi connectivity index (χ0v) is 12.7. The lowest BCUT2D eigenvalue weighted by Gasteiger charge is -2.15. The normalized spacial score (nSPS) is 20.5. The Balaban J connectivity index is 1.75. The van der Waals surface area contributed by atoms with Gasteiger partial charge in [-0.25, -0.2) is 4.79 Å². The van der Waals surface area contributed by atoms with Crippen molar-refractivity contribution in [3.8, 4) is 0 Å². The molecule has 1 unspecified atom stereocenters. The summed E-state index contributed by atoms with van der Waals surface area (Å²) >= 11 is 0. The van der Waals surface area contributed by atoms with E-state index in [0.717, 1.165) is 22.9 Å². The van der Waals surface area contributed by atoms with Crippen molar-refractivity contribution in [1.82, 2.24) is 10.3 Å². The van der Waals surface area contributed by atoms with E-state index in [4.69, 9.17) is 0 Å². The van der Waals surface area contributed by atoms with E-state index in [1.165, 1.54) is 0 Å². The summed E-state index contributed by atoms with van der Waals surface area (Å²) in [6.07, 6.45) is 2.91. The molecule has 0 bridgehead atoms. The molecule has 22 heavy (non-hydrogen) atoms. The van der Waals surface area contributed by atoms with Gasteiger partial charge in [0.2, 0.25) is 5.91 Å². The number of fused-ring (bicyclic) bond motifs is 1. The highest BCUT2D eigenvalue weighted by Gasteiger charge is 2.51. The molecule has 1 aromatic carbocycles. The highest BCUT2D eigenvalue weighted by Crippen LogP contribution is 2.51. The van der Waals surface area contributed by atoms with E-state index in [9.17, 15) is 14.7 Å². The van der Waals surface area contributed by atoms with Crippen LogP contribution in [0.2, 0.25) is 0 Å². The van der Waals surface area contributed by atoms with Crippen LogP contribution >= 0.6 is 0 Å². The Bertz CT molecular complexity index is 732. The van der Waals surface area contributed by atoms with Crippen LogP contribution in [0.5, 0.6) is 0 Å². The Morgan fingerprint density at radius 3 is 2.73 bits per heavy atom. The molecule has 1 heterocycles. The Morgan fingerprint density at radius 1 is 1.41 bits per heavy atom. The van der Waals surface area contributed by atoms with Gasteiger partial charge in [-0.15, -0.1) is 0 Å². The molecule has 1 amide bonds. The van der Waals surface area contributed by atoms with Crippen LogP contribution in [0.4, 0.5) is 0 Å². The number of aromatic nitrogens is 1. The third-order valence-corrected chi connectivity index (χ3v) is 4.54. The number of hydrogen-bond donors (Lipinski definition) is 3. The van der Waals surface area contributed by atoms with Crippen LogP contribution in [-0.2, 0) is 16.0 Å². The zero-order valence-electron chi connectivity index (χ0n) is 12.7. The first-order chi connectivity index (χ1) is 10.4. The van der Waals surface area contributed by atoms with E-state index in [2.05, 4.69) is 10.3 Å². The van der Waals surface area contributed by atoms with Crippen molar-refractivity contribution in [3.63, 3.8) is 0 Å². The van der Waals surface area contributed by atoms with Crippen molar-refractivity contribution in [2.45, 2.75) is 32.7 Å². The van der Waals surface area contributed by atoms with Crippen LogP contribution in [0.1, 0.15) is 25.8 Å². The van der Waals surface area contributed by atoms with Crippen molar-refractivity contribution < 1.29 is 14.7 Å². The number of aliphatic carboxylic acids is 1. The molecule has 1 aliphatic carbocycles. The summed E-state index contributed by atoms with van der Waals surface area (Å²) in [5, 5.41) is 13.1. The van der Waals surface area contributed by atoms with Gasteiger partial charge in [0.25, 0.3) is 0 Å². The number of aromatic amines is 1. The number of nitrogens with one attached hydrogen (secondary N) is 2. The van der Waals surface area contributed by atoms with E-state index in [-0.39, 0.29) is 23.7 Å². The van der Waals surface area contributed by atoms with Crippen LogP contribution < -0.4 is 5.32 Å². The summed E-state index contributed by atoms with van der Waals surface area (Å²) in [6.45, 7) is 4.04. The van der Waals surface area contributed by atoms with Gasteiger partial charge in [0.1, 0.15) is 6.04 Å². The smallest absolute Gasteiger partial charge is 0.326 e. The average Bonchev–Trinajstić information content (AvgIpc) is 2.93. The van der Waals surface area contributed by atoms with Crippen molar-refractivity contribution in [1.29, 1.82) is 0 Å². The summed E-state index contributed by atoms with van der Waals surface area (Å²) in [4.78, 5) is 26.8. The van der Waals surface area contributed by atoms with Crippen LogP contribution in [-0.4, -0.2) is 28.0 Å². The lowest BCUT2D eigenvalue weighted by atomic mass is 10.0. The zero-order chi connectivity index (χ0) is 15.9. The van der Waals surface area contributed by atoms with E-state index in [0.29, 0.717) is 0 Å². The molecule has 0 radical (unpaired) electrons. The molecule has 2 aromatic rings. The van der Waals surface area contributed by atoms with Crippen molar-refractivity contribution in [2.75, 3.05) is 0 Å². The second kappa shape index (κ2) is 5.16. The number of carbonyl (C=O) groups is 2.